The van der Waals surface area contributed by atoms with Crippen LogP contribution in [0.2, 0.25) is 0 Å². The van der Waals surface area contributed by atoms with Crippen LogP contribution in [0, 0.1) is 11.2 Å². The van der Waals surface area contributed by atoms with Gasteiger partial charge in [0.25, 0.3) is 10.0 Å². The summed E-state index contributed by atoms with van der Waals surface area (Å²) in [4.78, 5) is 14.3. The van der Waals surface area contributed by atoms with Gasteiger partial charge in [-0.2, -0.15) is 0 Å². The zero-order valence-electron chi connectivity index (χ0n) is 14.9. The Hall–Kier alpha value is -2.41. The number of carbonyl (C=O) groups excluding carboxylic acids is 1. The van der Waals surface area contributed by atoms with Crippen LogP contribution in [-0.2, 0) is 21.2 Å². The molecule has 1 aliphatic heterocycles. The Kier molecular flexibility index (Phi) is 4.52. The number of hydrogen-bond acceptors (Lipinski definition) is 3. The van der Waals surface area contributed by atoms with E-state index in [1.165, 1.54) is 12.1 Å². The highest BCUT2D eigenvalue weighted by Crippen LogP contribution is 2.34. The molecule has 1 aliphatic rings. The Labute approximate surface area is 152 Å². The third kappa shape index (κ3) is 3.58. The summed E-state index contributed by atoms with van der Waals surface area (Å²) in [6.07, 6.45) is 0.738. The van der Waals surface area contributed by atoms with Gasteiger partial charge in [-0.25, -0.2) is 12.8 Å². The number of hydrogen-bond donors (Lipinski definition) is 1. The van der Waals surface area contributed by atoms with Crippen molar-refractivity contribution in [1.82, 2.24) is 0 Å². The van der Waals surface area contributed by atoms with Crippen LogP contribution < -0.4 is 9.62 Å². The number of sulfonamides is 1. The normalized spacial score (nSPS) is 14.2. The van der Waals surface area contributed by atoms with Gasteiger partial charge in [0.2, 0.25) is 5.91 Å². The van der Waals surface area contributed by atoms with Gasteiger partial charge in [0.1, 0.15) is 5.82 Å². The molecule has 0 saturated carbocycles. The smallest absolute Gasteiger partial charge is 0.261 e. The summed E-state index contributed by atoms with van der Waals surface area (Å²) in [5.74, 6) is -0.507. The van der Waals surface area contributed by atoms with E-state index in [0.29, 0.717) is 12.2 Å². The number of rotatable bonds is 3. The molecule has 0 aromatic heterocycles. The van der Waals surface area contributed by atoms with Gasteiger partial charge in [-0.1, -0.05) is 26.8 Å². The van der Waals surface area contributed by atoms with Crippen molar-refractivity contribution in [3.05, 3.63) is 53.8 Å². The number of amides is 1. The number of anilines is 2. The predicted molar refractivity (Wildman–Crippen MR) is 99.2 cm³/mol. The van der Waals surface area contributed by atoms with E-state index in [1.54, 1.807) is 17.0 Å². The van der Waals surface area contributed by atoms with E-state index >= 15 is 0 Å². The molecule has 26 heavy (non-hydrogen) atoms. The number of fused-ring (bicyclic) bond motifs is 1. The number of carbonyl (C=O) groups is 1. The van der Waals surface area contributed by atoms with Gasteiger partial charge >= 0.3 is 0 Å². The second-order valence-electron chi connectivity index (χ2n) is 7.36. The Morgan fingerprint density at radius 1 is 1.12 bits per heavy atom. The van der Waals surface area contributed by atoms with E-state index in [2.05, 4.69) is 4.72 Å². The third-order valence-corrected chi connectivity index (χ3v) is 5.64. The summed E-state index contributed by atoms with van der Waals surface area (Å²) in [5, 5.41) is 0. The molecule has 0 unspecified atom stereocenters. The molecule has 5 nitrogen and oxygen atoms in total. The highest BCUT2D eigenvalue weighted by Gasteiger charge is 2.32. The average molecular weight is 376 g/mol. The highest BCUT2D eigenvalue weighted by atomic mass is 32.2. The molecular formula is C19H21FN2O3S. The summed E-state index contributed by atoms with van der Waals surface area (Å²) >= 11 is 0. The lowest BCUT2D eigenvalue weighted by molar-refractivity contribution is -0.125. The first-order valence-corrected chi connectivity index (χ1v) is 9.79. The van der Waals surface area contributed by atoms with E-state index in [0.717, 1.165) is 29.8 Å². The number of nitrogens with zero attached hydrogens (tertiary/aromatic N) is 1. The topological polar surface area (TPSA) is 66.5 Å². The fourth-order valence-corrected chi connectivity index (χ4v) is 3.94. The second-order valence-corrected chi connectivity index (χ2v) is 9.04. The lowest BCUT2D eigenvalue weighted by Crippen LogP contribution is -2.38. The zero-order valence-corrected chi connectivity index (χ0v) is 15.7. The molecular weight excluding hydrogens is 355 g/mol. The lowest BCUT2D eigenvalue weighted by Gasteiger charge is -2.26. The van der Waals surface area contributed by atoms with Crippen LogP contribution in [0.25, 0.3) is 0 Å². The van der Waals surface area contributed by atoms with Gasteiger partial charge in [-0.05, 0) is 48.4 Å². The highest BCUT2D eigenvalue weighted by molar-refractivity contribution is 7.92. The molecule has 0 atom stereocenters. The monoisotopic (exact) mass is 376 g/mol. The van der Waals surface area contributed by atoms with E-state index in [4.69, 9.17) is 0 Å². The average Bonchev–Trinajstić information content (AvgIpc) is 2.96. The number of benzene rings is 2. The first kappa shape index (κ1) is 18.4. The molecule has 138 valence electrons. The van der Waals surface area contributed by atoms with Crippen LogP contribution in [0.3, 0.4) is 0 Å². The Bertz CT molecular complexity index is 948. The third-order valence-electron chi connectivity index (χ3n) is 4.24. The molecule has 1 heterocycles. The van der Waals surface area contributed by atoms with Gasteiger partial charge in [0.15, 0.2) is 0 Å². The van der Waals surface area contributed by atoms with Gasteiger partial charge in [0, 0.05) is 17.6 Å². The summed E-state index contributed by atoms with van der Waals surface area (Å²) in [6.45, 7) is 6.15. The zero-order chi connectivity index (χ0) is 19.1. The quantitative estimate of drug-likeness (QED) is 0.891. The van der Waals surface area contributed by atoms with Crippen LogP contribution in [0.4, 0.5) is 15.8 Å². The first-order valence-electron chi connectivity index (χ1n) is 8.31. The van der Waals surface area contributed by atoms with Gasteiger partial charge in [-0.15, -0.1) is 0 Å². The molecule has 0 fully saturated rings. The Morgan fingerprint density at radius 3 is 2.38 bits per heavy atom. The van der Waals surface area contributed by atoms with Crippen molar-refractivity contribution < 1.29 is 17.6 Å². The molecule has 2 aromatic rings. The Morgan fingerprint density at radius 2 is 1.77 bits per heavy atom. The van der Waals surface area contributed by atoms with Crippen molar-refractivity contribution in [3.8, 4) is 0 Å². The summed E-state index contributed by atoms with van der Waals surface area (Å²) < 4.78 is 40.5. The summed E-state index contributed by atoms with van der Waals surface area (Å²) in [5.41, 5.74) is 1.57. The fourth-order valence-electron chi connectivity index (χ4n) is 2.89. The number of halogens is 1. The molecule has 2 aromatic carbocycles. The minimum atomic E-state index is -3.83. The SMILES string of the molecule is CC(C)(C)C(=O)N1CCc2ccc(NS(=O)(=O)c3ccc(F)cc3)cc21. The van der Waals surface area contributed by atoms with Crippen molar-refractivity contribution in [2.75, 3.05) is 16.2 Å². The Balaban J connectivity index is 1.90. The van der Waals surface area contributed by atoms with Crippen LogP contribution in [0.15, 0.2) is 47.4 Å². The van der Waals surface area contributed by atoms with Crippen molar-refractivity contribution in [2.45, 2.75) is 32.1 Å². The predicted octanol–water partition coefficient (Wildman–Crippen LogP) is 3.56. The van der Waals surface area contributed by atoms with Crippen LogP contribution in [0.5, 0.6) is 0 Å². The molecule has 7 heteroatoms. The second kappa shape index (κ2) is 6.39. The standard InChI is InChI=1S/C19H21FN2O3S/c1-19(2,3)18(23)22-11-10-13-4-7-15(12-17(13)22)21-26(24,25)16-8-5-14(20)6-9-16/h4-9,12,21H,10-11H2,1-3H3. The molecule has 0 aliphatic carbocycles. The molecule has 1 N–H and O–H groups in total. The molecule has 0 radical (unpaired) electrons. The van der Waals surface area contributed by atoms with Crippen LogP contribution in [-0.4, -0.2) is 20.9 Å². The van der Waals surface area contributed by atoms with E-state index in [9.17, 15) is 17.6 Å². The largest absolute Gasteiger partial charge is 0.311 e. The minimum absolute atomic E-state index is 0.00482. The van der Waals surface area contributed by atoms with E-state index in [1.807, 2.05) is 26.8 Å². The first-order chi connectivity index (χ1) is 12.1. The maximum atomic E-state index is 13.0. The lowest BCUT2D eigenvalue weighted by atomic mass is 9.94. The molecule has 1 amide bonds. The van der Waals surface area contributed by atoms with Crippen molar-refractivity contribution >= 4 is 27.3 Å². The van der Waals surface area contributed by atoms with Gasteiger partial charge in [-0.3, -0.25) is 9.52 Å². The van der Waals surface area contributed by atoms with Crippen LogP contribution in [0.1, 0.15) is 26.3 Å². The molecule has 3 rings (SSSR count). The van der Waals surface area contributed by atoms with Crippen LogP contribution >= 0.6 is 0 Å². The molecule has 0 spiro atoms. The van der Waals surface area contributed by atoms with E-state index < -0.39 is 21.3 Å². The van der Waals surface area contributed by atoms with Gasteiger partial charge in [0.05, 0.1) is 10.6 Å². The maximum absolute atomic E-state index is 13.0. The summed E-state index contributed by atoms with van der Waals surface area (Å²) in [7, 11) is -3.83. The minimum Gasteiger partial charge on any atom is -0.311 e. The fraction of sp³-hybridized carbons (Fsp3) is 0.316. The molecule has 0 bridgehead atoms. The van der Waals surface area contributed by atoms with Crippen molar-refractivity contribution in [1.29, 1.82) is 0 Å². The van der Waals surface area contributed by atoms with Crippen molar-refractivity contribution in [3.63, 3.8) is 0 Å². The number of nitrogens with one attached hydrogen (secondary N) is 1. The van der Waals surface area contributed by atoms with Crippen molar-refractivity contribution in [2.24, 2.45) is 5.41 Å². The summed E-state index contributed by atoms with van der Waals surface area (Å²) in [6, 6.07) is 9.79. The molecule has 0 saturated heterocycles. The van der Waals surface area contributed by atoms with E-state index in [-0.39, 0.29) is 10.8 Å². The maximum Gasteiger partial charge on any atom is 0.261 e. The van der Waals surface area contributed by atoms with Gasteiger partial charge < -0.3 is 4.90 Å².